The molecule has 0 bridgehead atoms. The Hall–Kier alpha value is -2.89. The molecule has 0 aliphatic rings. The second-order valence-electron chi connectivity index (χ2n) is 5.75. The SMILES string of the molecule is CCOc1ccc(S(=O)(=O)N(C)CC(=O)Nc2ccc(CC#N)cc2)cc1. The van der Waals surface area contributed by atoms with Crippen LogP contribution in [-0.4, -0.2) is 38.8 Å². The normalized spacial score (nSPS) is 11.0. The number of benzene rings is 2. The molecule has 0 saturated heterocycles. The third kappa shape index (κ3) is 5.54. The number of sulfonamides is 1. The number of ether oxygens (including phenoxy) is 1. The van der Waals surface area contributed by atoms with Crippen molar-refractivity contribution in [3.05, 3.63) is 54.1 Å². The minimum atomic E-state index is -3.79. The first-order valence-corrected chi connectivity index (χ1v) is 9.75. The van der Waals surface area contributed by atoms with Gasteiger partial charge in [0.2, 0.25) is 15.9 Å². The van der Waals surface area contributed by atoms with Gasteiger partial charge in [-0.3, -0.25) is 4.79 Å². The van der Waals surface area contributed by atoms with Gasteiger partial charge in [-0.15, -0.1) is 0 Å². The molecule has 0 aromatic heterocycles. The molecule has 27 heavy (non-hydrogen) atoms. The van der Waals surface area contributed by atoms with E-state index in [9.17, 15) is 13.2 Å². The van der Waals surface area contributed by atoms with E-state index >= 15 is 0 Å². The van der Waals surface area contributed by atoms with E-state index in [4.69, 9.17) is 10.00 Å². The summed E-state index contributed by atoms with van der Waals surface area (Å²) in [5, 5.41) is 11.3. The van der Waals surface area contributed by atoms with Gasteiger partial charge in [-0.25, -0.2) is 8.42 Å². The molecule has 2 rings (SSSR count). The van der Waals surface area contributed by atoms with Crippen LogP contribution in [0.1, 0.15) is 12.5 Å². The van der Waals surface area contributed by atoms with Crippen molar-refractivity contribution in [1.82, 2.24) is 4.31 Å². The maximum Gasteiger partial charge on any atom is 0.243 e. The van der Waals surface area contributed by atoms with Gasteiger partial charge in [-0.1, -0.05) is 12.1 Å². The molecule has 0 radical (unpaired) electrons. The minimum absolute atomic E-state index is 0.0853. The summed E-state index contributed by atoms with van der Waals surface area (Å²) in [6, 6.07) is 14.9. The third-order valence-corrected chi connectivity index (χ3v) is 5.55. The van der Waals surface area contributed by atoms with Crippen molar-refractivity contribution in [2.24, 2.45) is 0 Å². The zero-order chi connectivity index (χ0) is 19.9. The number of anilines is 1. The van der Waals surface area contributed by atoms with Gasteiger partial charge in [-0.2, -0.15) is 9.57 Å². The van der Waals surface area contributed by atoms with E-state index in [1.807, 2.05) is 13.0 Å². The van der Waals surface area contributed by atoms with Gasteiger partial charge in [0.05, 0.1) is 30.5 Å². The van der Waals surface area contributed by atoms with Crippen molar-refractivity contribution >= 4 is 21.6 Å². The largest absolute Gasteiger partial charge is 0.494 e. The smallest absolute Gasteiger partial charge is 0.243 e. The number of hydrogen-bond acceptors (Lipinski definition) is 5. The fourth-order valence-corrected chi connectivity index (χ4v) is 3.47. The third-order valence-electron chi connectivity index (χ3n) is 3.73. The lowest BCUT2D eigenvalue weighted by Crippen LogP contribution is -2.34. The Bertz CT molecular complexity index is 917. The van der Waals surface area contributed by atoms with Crippen LogP contribution in [0.2, 0.25) is 0 Å². The highest BCUT2D eigenvalue weighted by Crippen LogP contribution is 2.19. The van der Waals surface area contributed by atoms with Gasteiger partial charge in [0.15, 0.2) is 0 Å². The summed E-state index contributed by atoms with van der Waals surface area (Å²) in [6.45, 7) is 2.01. The van der Waals surface area contributed by atoms with Crippen LogP contribution < -0.4 is 10.1 Å². The molecule has 1 N–H and O–H groups in total. The molecule has 0 atom stereocenters. The molecule has 0 aliphatic carbocycles. The van der Waals surface area contributed by atoms with Gasteiger partial charge in [0.1, 0.15) is 5.75 Å². The molecule has 0 fully saturated rings. The summed E-state index contributed by atoms with van der Waals surface area (Å²) in [6.07, 6.45) is 0.289. The summed E-state index contributed by atoms with van der Waals surface area (Å²) < 4.78 is 31.4. The van der Waals surface area contributed by atoms with E-state index < -0.39 is 15.9 Å². The van der Waals surface area contributed by atoms with E-state index in [1.54, 1.807) is 36.4 Å². The van der Waals surface area contributed by atoms with Gasteiger partial charge in [0.25, 0.3) is 0 Å². The molecule has 0 spiro atoms. The predicted molar refractivity (Wildman–Crippen MR) is 102 cm³/mol. The average molecular weight is 387 g/mol. The van der Waals surface area contributed by atoms with Crippen molar-refractivity contribution in [1.29, 1.82) is 5.26 Å². The number of rotatable bonds is 8. The first kappa shape index (κ1) is 20.4. The highest BCUT2D eigenvalue weighted by atomic mass is 32.2. The van der Waals surface area contributed by atoms with E-state index in [2.05, 4.69) is 5.32 Å². The molecule has 2 aromatic rings. The lowest BCUT2D eigenvalue weighted by atomic mass is 10.1. The number of amides is 1. The fourth-order valence-electron chi connectivity index (χ4n) is 2.34. The second kappa shape index (κ2) is 9.16. The summed E-state index contributed by atoms with van der Waals surface area (Å²) >= 11 is 0. The molecule has 0 heterocycles. The topological polar surface area (TPSA) is 99.5 Å². The van der Waals surface area contributed by atoms with Crippen molar-refractivity contribution in [3.63, 3.8) is 0 Å². The number of nitrogens with zero attached hydrogens (tertiary/aromatic N) is 2. The van der Waals surface area contributed by atoms with Crippen molar-refractivity contribution in [2.75, 3.05) is 25.5 Å². The first-order chi connectivity index (χ1) is 12.9. The molecular weight excluding hydrogens is 366 g/mol. The molecular formula is C19H21N3O4S. The Labute approximate surface area is 159 Å². The molecule has 1 amide bonds. The average Bonchev–Trinajstić information content (AvgIpc) is 2.64. The Morgan fingerprint density at radius 3 is 2.33 bits per heavy atom. The second-order valence-corrected chi connectivity index (χ2v) is 7.79. The first-order valence-electron chi connectivity index (χ1n) is 8.31. The summed E-state index contributed by atoms with van der Waals surface area (Å²) in [4.78, 5) is 12.2. The van der Waals surface area contributed by atoms with Crippen molar-refractivity contribution < 1.29 is 17.9 Å². The summed E-state index contributed by atoms with van der Waals surface area (Å²) in [7, 11) is -2.44. The van der Waals surface area contributed by atoms with Crippen LogP contribution in [0.25, 0.3) is 0 Å². The molecule has 7 nitrogen and oxygen atoms in total. The molecule has 142 valence electrons. The van der Waals surface area contributed by atoms with Crippen LogP contribution in [0.15, 0.2) is 53.4 Å². The van der Waals surface area contributed by atoms with E-state index in [-0.39, 0.29) is 17.9 Å². The summed E-state index contributed by atoms with van der Waals surface area (Å²) in [5.74, 6) is 0.122. The maximum atomic E-state index is 12.6. The van der Waals surface area contributed by atoms with Crippen LogP contribution in [0, 0.1) is 11.3 Å². The number of hydrogen-bond donors (Lipinski definition) is 1. The predicted octanol–water partition coefficient (Wildman–Crippen LogP) is 2.41. The number of nitriles is 1. The molecule has 0 unspecified atom stereocenters. The van der Waals surface area contributed by atoms with E-state index in [0.717, 1.165) is 9.87 Å². The lowest BCUT2D eigenvalue weighted by molar-refractivity contribution is -0.116. The monoisotopic (exact) mass is 387 g/mol. The highest BCUT2D eigenvalue weighted by Gasteiger charge is 2.23. The van der Waals surface area contributed by atoms with Gasteiger partial charge in [0, 0.05) is 12.7 Å². The van der Waals surface area contributed by atoms with E-state index in [1.165, 1.54) is 19.2 Å². The Balaban J connectivity index is 2.00. The van der Waals surface area contributed by atoms with Crippen LogP contribution in [0.5, 0.6) is 5.75 Å². The zero-order valence-corrected chi connectivity index (χ0v) is 16.0. The van der Waals surface area contributed by atoms with Crippen molar-refractivity contribution in [3.8, 4) is 11.8 Å². The van der Waals surface area contributed by atoms with Crippen LogP contribution >= 0.6 is 0 Å². The van der Waals surface area contributed by atoms with Crippen LogP contribution in [0.4, 0.5) is 5.69 Å². The fraction of sp³-hybridized carbons (Fsp3) is 0.263. The number of carbonyl (C=O) groups is 1. The van der Waals surface area contributed by atoms with Gasteiger partial charge >= 0.3 is 0 Å². The maximum absolute atomic E-state index is 12.6. The quantitative estimate of drug-likeness (QED) is 0.750. The lowest BCUT2D eigenvalue weighted by Gasteiger charge is -2.17. The van der Waals surface area contributed by atoms with Gasteiger partial charge < -0.3 is 10.1 Å². The van der Waals surface area contributed by atoms with Crippen molar-refractivity contribution in [2.45, 2.75) is 18.2 Å². The standard InChI is InChI=1S/C19H21N3O4S/c1-3-26-17-8-10-18(11-9-17)27(24,25)22(2)14-19(23)21-16-6-4-15(5-7-16)12-13-20/h4-11H,3,12,14H2,1-2H3,(H,21,23). The molecule has 2 aromatic carbocycles. The Morgan fingerprint density at radius 1 is 1.15 bits per heavy atom. The molecule has 0 saturated carbocycles. The van der Waals surface area contributed by atoms with Crippen LogP contribution in [-0.2, 0) is 21.2 Å². The Morgan fingerprint density at radius 2 is 1.78 bits per heavy atom. The highest BCUT2D eigenvalue weighted by molar-refractivity contribution is 7.89. The molecule has 8 heteroatoms. The van der Waals surface area contributed by atoms with E-state index in [0.29, 0.717) is 18.0 Å². The van der Waals surface area contributed by atoms with Crippen LogP contribution in [0.3, 0.4) is 0 Å². The molecule has 0 aliphatic heterocycles. The summed E-state index contributed by atoms with van der Waals surface area (Å²) in [5.41, 5.74) is 1.37. The zero-order valence-electron chi connectivity index (χ0n) is 15.2. The number of likely N-dealkylation sites (N-methyl/N-ethyl adjacent to an activating group) is 1. The number of carbonyl (C=O) groups excluding carboxylic acids is 1. The number of nitrogens with one attached hydrogen (secondary N) is 1. The minimum Gasteiger partial charge on any atom is -0.494 e. The Kier molecular flexibility index (Phi) is 6.93. The van der Waals surface area contributed by atoms with Gasteiger partial charge in [-0.05, 0) is 48.9 Å².